The Morgan fingerprint density at radius 3 is 2.57 bits per heavy atom. The molecular weight excluding hydrogens is 274 g/mol. The number of likely N-dealkylation sites (N-methyl/N-ethyl adjacent to an activating group) is 1. The fourth-order valence-corrected chi connectivity index (χ4v) is 2.29. The molecule has 0 saturated carbocycles. The van der Waals surface area contributed by atoms with E-state index >= 15 is 0 Å². The Kier molecular flexibility index (Phi) is 4.92. The molecule has 2 N–H and O–H groups in total. The average molecular weight is 295 g/mol. The van der Waals surface area contributed by atoms with Crippen LogP contribution in [0.1, 0.15) is 21.0 Å². The molecule has 2 rings (SSSR count). The number of rotatable bonds is 5. The molecule has 0 spiro atoms. The second-order valence-corrected chi connectivity index (χ2v) is 5.37. The molecule has 116 valence electrons. The molecule has 1 aliphatic heterocycles. The zero-order valence-corrected chi connectivity index (χ0v) is 12.4. The molecule has 2 heterocycles. The fraction of sp³-hybridized carbons (Fsp3) is 0.615. The van der Waals surface area contributed by atoms with Gasteiger partial charge in [0.1, 0.15) is 0 Å². The third-order valence-electron chi connectivity index (χ3n) is 3.58. The summed E-state index contributed by atoms with van der Waals surface area (Å²) < 4.78 is 0. The van der Waals surface area contributed by atoms with Gasteiger partial charge in [0.2, 0.25) is 0 Å². The van der Waals surface area contributed by atoms with Crippen LogP contribution >= 0.6 is 0 Å². The van der Waals surface area contributed by atoms with E-state index in [1.165, 1.54) is 6.33 Å². The fourth-order valence-electron chi connectivity index (χ4n) is 2.29. The molecule has 8 heteroatoms. The number of aromatic nitrogens is 2. The molecule has 0 aromatic carbocycles. The summed E-state index contributed by atoms with van der Waals surface area (Å²) in [6.07, 6.45) is 1.24. The van der Waals surface area contributed by atoms with Crippen LogP contribution < -0.4 is 0 Å². The Bertz CT molecular complexity index is 506. The predicted molar refractivity (Wildman–Crippen MR) is 76.4 cm³/mol. The maximum absolute atomic E-state index is 12.3. The van der Waals surface area contributed by atoms with Crippen molar-refractivity contribution in [1.82, 2.24) is 24.7 Å². The third kappa shape index (κ3) is 3.79. The quantitative estimate of drug-likeness (QED) is 0.755. The summed E-state index contributed by atoms with van der Waals surface area (Å²) in [4.78, 5) is 35.7. The normalized spacial score (nSPS) is 16.4. The van der Waals surface area contributed by atoms with Crippen molar-refractivity contribution in [2.45, 2.75) is 0 Å². The van der Waals surface area contributed by atoms with E-state index < -0.39 is 5.97 Å². The number of H-pyrrole nitrogens is 1. The van der Waals surface area contributed by atoms with E-state index in [1.807, 2.05) is 14.1 Å². The highest BCUT2D eigenvalue weighted by Gasteiger charge is 2.27. The van der Waals surface area contributed by atoms with E-state index in [0.29, 0.717) is 13.1 Å². The molecule has 1 fully saturated rings. The minimum Gasteiger partial charge on any atom is -0.477 e. The van der Waals surface area contributed by atoms with E-state index in [-0.39, 0.29) is 17.3 Å². The number of carbonyl (C=O) groups excluding carboxylic acids is 1. The highest BCUT2D eigenvalue weighted by Crippen LogP contribution is 2.10. The Morgan fingerprint density at radius 1 is 1.33 bits per heavy atom. The van der Waals surface area contributed by atoms with Crippen molar-refractivity contribution in [2.24, 2.45) is 0 Å². The van der Waals surface area contributed by atoms with Crippen LogP contribution in [0.2, 0.25) is 0 Å². The molecule has 1 saturated heterocycles. The zero-order chi connectivity index (χ0) is 15.4. The number of nitrogens with zero attached hydrogens (tertiary/aromatic N) is 4. The number of nitrogens with one attached hydrogen (secondary N) is 1. The van der Waals surface area contributed by atoms with Crippen molar-refractivity contribution >= 4 is 11.9 Å². The molecule has 1 aromatic rings. The molecule has 0 aliphatic carbocycles. The summed E-state index contributed by atoms with van der Waals surface area (Å²) in [6, 6.07) is 0. The second-order valence-electron chi connectivity index (χ2n) is 5.37. The Balaban J connectivity index is 1.91. The van der Waals surface area contributed by atoms with Crippen LogP contribution in [0.3, 0.4) is 0 Å². The number of carboxylic acids is 1. The first kappa shape index (κ1) is 15.5. The zero-order valence-electron chi connectivity index (χ0n) is 12.4. The summed E-state index contributed by atoms with van der Waals surface area (Å²) in [7, 11) is 4.07. The number of hydrogen-bond acceptors (Lipinski definition) is 5. The summed E-state index contributed by atoms with van der Waals surface area (Å²) in [5.41, 5.74) is -0.153. The molecule has 21 heavy (non-hydrogen) atoms. The van der Waals surface area contributed by atoms with Gasteiger partial charge in [-0.2, -0.15) is 0 Å². The van der Waals surface area contributed by atoms with Gasteiger partial charge in [-0.15, -0.1) is 0 Å². The van der Waals surface area contributed by atoms with Crippen LogP contribution in [0.15, 0.2) is 6.33 Å². The summed E-state index contributed by atoms with van der Waals surface area (Å²) in [6.45, 7) is 4.74. The molecule has 1 aliphatic rings. The minimum absolute atomic E-state index is 0.00996. The van der Waals surface area contributed by atoms with Crippen LogP contribution in [-0.4, -0.2) is 95.0 Å². The van der Waals surface area contributed by atoms with Gasteiger partial charge in [-0.3, -0.25) is 9.69 Å². The van der Waals surface area contributed by atoms with Gasteiger partial charge in [0.15, 0.2) is 11.4 Å². The Hall–Kier alpha value is -1.93. The number of piperazine rings is 1. The molecule has 1 aromatic heterocycles. The lowest BCUT2D eigenvalue weighted by atomic mass is 10.2. The van der Waals surface area contributed by atoms with Gasteiger partial charge >= 0.3 is 5.97 Å². The van der Waals surface area contributed by atoms with Crippen molar-refractivity contribution < 1.29 is 14.7 Å². The number of carboxylic acid groups (broad SMARTS) is 1. The largest absolute Gasteiger partial charge is 0.477 e. The van der Waals surface area contributed by atoms with Gasteiger partial charge in [0.25, 0.3) is 5.91 Å². The van der Waals surface area contributed by atoms with Gasteiger partial charge in [-0.25, -0.2) is 9.78 Å². The monoisotopic (exact) mass is 295 g/mol. The van der Waals surface area contributed by atoms with E-state index in [0.717, 1.165) is 26.2 Å². The van der Waals surface area contributed by atoms with Crippen molar-refractivity contribution in [2.75, 3.05) is 53.4 Å². The number of aromatic amines is 1. The molecule has 0 bridgehead atoms. The van der Waals surface area contributed by atoms with E-state index in [2.05, 4.69) is 19.8 Å². The smallest absolute Gasteiger partial charge is 0.354 e. The van der Waals surface area contributed by atoms with Crippen molar-refractivity contribution in [3.05, 3.63) is 17.7 Å². The summed E-state index contributed by atoms with van der Waals surface area (Å²) in [5.74, 6) is -1.48. The first-order valence-corrected chi connectivity index (χ1v) is 6.92. The van der Waals surface area contributed by atoms with E-state index in [9.17, 15) is 9.59 Å². The first-order chi connectivity index (χ1) is 9.99. The van der Waals surface area contributed by atoms with Crippen LogP contribution in [0, 0.1) is 0 Å². The highest BCUT2D eigenvalue weighted by atomic mass is 16.4. The highest BCUT2D eigenvalue weighted by molar-refractivity contribution is 6.02. The molecular formula is C13H21N5O3. The average Bonchev–Trinajstić information content (AvgIpc) is 2.94. The van der Waals surface area contributed by atoms with Gasteiger partial charge in [-0.1, -0.05) is 0 Å². The van der Waals surface area contributed by atoms with Crippen LogP contribution in [0.4, 0.5) is 0 Å². The SMILES string of the molecule is CN(C)CCN1CCN(C(=O)c2nc[nH]c2C(=O)O)CC1. The van der Waals surface area contributed by atoms with Crippen molar-refractivity contribution in [3.63, 3.8) is 0 Å². The molecule has 0 radical (unpaired) electrons. The van der Waals surface area contributed by atoms with Gasteiger partial charge < -0.3 is 19.9 Å². The lowest BCUT2D eigenvalue weighted by Gasteiger charge is -2.34. The van der Waals surface area contributed by atoms with Crippen molar-refractivity contribution in [1.29, 1.82) is 0 Å². The van der Waals surface area contributed by atoms with Crippen LogP contribution in [0.5, 0.6) is 0 Å². The van der Waals surface area contributed by atoms with E-state index in [4.69, 9.17) is 5.11 Å². The van der Waals surface area contributed by atoms with Gasteiger partial charge in [0, 0.05) is 39.3 Å². The van der Waals surface area contributed by atoms with Crippen LogP contribution in [0.25, 0.3) is 0 Å². The number of carbonyl (C=O) groups is 2. The van der Waals surface area contributed by atoms with Gasteiger partial charge in [0.05, 0.1) is 6.33 Å². The Morgan fingerprint density at radius 2 is 2.00 bits per heavy atom. The van der Waals surface area contributed by atoms with Gasteiger partial charge in [-0.05, 0) is 14.1 Å². The maximum atomic E-state index is 12.3. The topological polar surface area (TPSA) is 92.8 Å². The first-order valence-electron chi connectivity index (χ1n) is 6.92. The predicted octanol–water partition coefficient (Wildman–Crippen LogP) is -0.573. The number of aromatic carboxylic acids is 1. The number of hydrogen-bond donors (Lipinski definition) is 2. The minimum atomic E-state index is -1.17. The third-order valence-corrected chi connectivity index (χ3v) is 3.58. The molecule has 1 amide bonds. The summed E-state index contributed by atoms with van der Waals surface area (Å²) in [5, 5.41) is 9.01. The summed E-state index contributed by atoms with van der Waals surface area (Å²) >= 11 is 0. The van der Waals surface area contributed by atoms with Crippen LogP contribution in [-0.2, 0) is 0 Å². The Labute approximate surface area is 123 Å². The molecule has 0 unspecified atom stereocenters. The number of amides is 1. The lowest BCUT2D eigenvalue weighted by molar-refractivity contribution is 0.0604. The molecule has 0 atom stereocenters. The molecule has 8 nitrogen and oxygen atoms in total. The van der Waals surface area contributed by atoms with E-state index in [1.54, 1.807) is 4.90 Å². The van der Waals surface area contributed by atoms with Crippen molar-refractivity contribution in [3.8, 4) is 0 Å². The maximum Gasteiger partial charge on any atom is 0.354 e. The second kappa shape index (κ2) is 6.68. The number of imidazole rings is 1. The standard InChI is InChI=1S/C13H21N5O3/c1-16(2)3-4-17-5-7-18(8-6-17)12(19)10-11(13(20)21)15-9-14-10/h9H,3-8H2,1-2H3,(H,14,15)(H,20,21). The lowest BCUT2D eigenvalue weighted by Crippen LogP contribution is -2.50.